The van der Waals surface area contributed by atoms with Gasteiger partial charge in [-0.15, -0.1) is 0 Å². The molecule has 0 heterocycles. The molecule has 0 saturated carbocycles. The number of hydrogen-bond donors (Lipinski definition) is 1. The third-order valence-electron chi connectivity index (χ3n) is 1.46. The summed E-state index contributed by atoms with van der Waals surface area (Å²) in [7, 11) is -1.29. The molecule has 0 aromatic rings. The van der Waals surface area contributed by atoms with Crippen LogP contribution in [0.25, 0.3) is 0 Å². The number of nitriles is 1. The Morgan fingerprint density at radius 2 is 2.08 bits per heavy atom. The molecule has 1 atom stereocenters. The van der Waals surface area contributed by atoms with Gasteiger partial charge in [-0.05, 0) is 6.04 Å². The van der Waals surface area contributed by atoms with Gasteiger partial charge in [-0.2, -0.15) is 5.26 Å². The molecule has 0 radical (unpaired) electrons. The van der Waals surface area contributed by atoms with Gasteiger partial charge >= 0.3 is 5.97 Å². The van der Waals surface area contributed by atoms with Crippen molar-refractivity contribution in [1.29, 1.82) is 5.26 Å². The van der Waals surface area contributed by atoms with E-state index in [-0.39, 0.29) is 12.3 Å². The lowest BCUT2D eigenvalue weighted by Crippen LogP contribution is -2.24. The van der Waals surface area contributed by atoms with Crippen LogP contribution in [0.5, 0.6) is 0 Å². The van der Waals surface area contributed by atoms with Crippen LogP contribution in [0.2, 0.25) is 25.7 Å². The van der Waals surface area contributed by atoms with Crippen LogP contribution in [0.3, 0.4) is 0 Å². The summed E-state index contributed by atoms with van der Waals surface area (Å²) in [5.41, 5.74) is 0. The van der Waals surface area contributed by atoms with Gasteiger partial charge in [0.05, 0.1) is 18.4 Å². The lowest BCUT2D eigenvalue weighted by atomic mass is 10.1. The standard InChI is InChI=1S/C8H15NO2Si/c1-12(2,3)6-7(5-9)4-8(10)11/h7H,4,6H2,1-3H3,(H,10,11)/t7-/m1/s1. The molecule has 12 heavy (non-hydrogen) atoms. The maximum Gasteiger partial charge on any atom is 0.304 e. The first kappa shape index (κ1) is 11.2. The molecule has 0 unspecified atom stereocenters. The van der Waals surface area contributed by atoms with Crippen LogP contribution < -0.4 is 0 Å². The van der Waals surface area contributed by atoms with Crippen LogP contribution in [0.4, 0.5) is 0 Å². The summed E-state index contributed by atoms with van der Waals surface area (Å²) in [5.74, 6) is -1.17. The highest BCUT2D eigenvalue weighted by molar-refractivity contribution is 6.76. The molecular weight excluding hydrogens is 170 g/mol. The van der Waals surface area contributed by atoms with E-state index in [1.54, 1.807) is 0 Å². The topological polar surface area (TPSA) is 61.1 Å². The van der Waals surface area contributed by atoms with Gasteiger partial charge in [0.1, 0.15) is 0 Å². The largest absolute Gasteiger partial charge is 0.481 e. The molecule has 4 heteroatoms. The van der Waals surface area contributed by atoms with E-state index >= 15 is 0 Å². The minimum Gasteiger partial charge on any atom is -0.481 e. The number of hydrogen-bond acceptors (Lipinski definition) is 2. The average Bonchev–Trinajstić information content (AvgIpc) is 1.82. The second-order valence-electron chi connectivity index (χ2n) is 4.19. The van der Waals surface area contributed by atoms with E-state index in [0.29, 0.717) is 0 Å². The molecule has 1 N–H and O–H groups in total. The summed E-state index contributed by atoms with van der Waals surface area (Å²) < 4.78 is 0. The third-order valence-corrected chi connectivity index (χ3v) is 3.18. The zero-order valence-corrected chi connectivity index (χ0v) is 8.79. The number of carbonyl (C=O) groups is 1. The van der Waals surface area contributed by atoms with Gasteiger partial charge in [0, 0.05) is 8.07 Å². The second kappa shape index (κ2) is 4.26. The van der Waals surface area contributed by atoms with Crippen molar-refractivity contribution >= 4 is 14.0 Å². The SMILES string of the molecule is C[Si](C)(C)C[C@@H](C#N)CC(=O)O. The van der Waals surface area contributed by atoms with Gasteiger partial charge < -0.3 is 5.11 Å². The smallest absolute Gasteiger partial charge is 0.304 e. The number of rotatable bonds is 4. The number of nitrogens with zero attached hydrogens (tertiary/aromatic N) is 1. The van der Waals surface area contributed by atoms with Gasteiger partial charge in [-0.25, -0.2) is 0 Å². The Hall–Kier alpha value is -0.823. The summed E-state index contributed by atoms with van der Waals surface area (Å²) in [5, 5.41) is 17.1. The molecule has 0 aromatic carbocycles. The Kier molecular flexibility index (Phi) is 3.97. The Morgan fingerprint density at radius 1 is 1.58 bits per heavy atom. The lowest BCUT2D eigenvalue weighted by molar-refractivity contribution is -0.137. The fourth-order valence-corrected chi connectivity index (χ4v) is 2.83. The monoisotopic (exact) mass is 185 g/mol. The molecule has 0 rings (SSSR count). The summed E-state index contributed by atoms with van der Waals surface area (Å²) in [6.45, 7) is 6.41. The first-order chi connectivity index (χ1) is 5.35. The molecule has 0 amide bonds. The third kappa shape index (κ3) is 5.92. The fourth-order valence-electron chi connectivity index (χ4n) is 1.11. The van der Waals surface area contributed by atoms with Gasteiger partial charge in [0.15, 0.2) is 0 Å². The number of aliphatic carboxylic acids is 1. The minimum absolute atomic E-state index is 0.0131. The van der Waals surface area contributed by atoms with Crippen molar-refractivity contribution in [2.45, 2.75) is 32.1 Å². The molecule has 68 valence electrons. The summed E-state index contributed by atoms with van der Waals surface area (Å²) in [4.78, 5) is 10.3. The Labute approximate surface area is 74.0 Å². The van der Waals surface area contributed by atoms with Crippen molar-refractivity contribution < 1.29 is 9.90 Å². The van der Waals surface area contributed by atoms with E-state index < -0.39 is 14.0 Å². The molecule has 0 spiro atoms. The van der Waals surface area contributed by atoms with E-state index in [1.807, 2.05) is 6.07 Å². The van der Waals surface area contributed by atoms with Crippen molar-refractivity contribution in [2.24, 2.45) is 5.92 Å². The Bertz CT molecular complexity index is 202. The second-order valence-corrected chi connectivity index (χ2v) is 9.72. The van der Waals surface area contributed by atoms with E-state index in [0.717, 1.165) is 6.04 Å². The number of carboxylic acids is 1. The zero-order valence-electron chi connectivity index (χ0n) is 7.79. The van der Waals surface area contributed by atoms with Crippen LogP contribution in [0.1, 0.15) is 6.42 Å². The van der Waals surface area contributed by atoms with Crippen LogP contribution in [0.15, 0.2) is 0 Å². The van der Waals surface area contributed by atoms with Crippen molar-refractivity contribution in [1.82, 2.24) is 0 Å². The lowest BCUT2D eigenvalue weighted by Gasteiger charge is -2.17. The summed E-state index contributed by atoms with van der Waals surface area (Å²) in [6, 6.07) is 2.82. The molecule has 0 aliphatic rings. The Balaban J connectivity index is 4.03. The maximum absolute atomic E-state index is 10.3. The van der Waals surface area contributed by atoms with Crippen LogP contribution >= 0.6 is 0 Å². The predicted octanol–water partition coefficient (Wildman–Crippen LogP) is 1.94. The van der Waals surface area contributed by atoms with E-state index in [4.69, 9.17) is 10.4 Å². The van der Waals surface area contributed by atoms with Gasteiger partial charge in [0.2, 0.25) is 0 Å². The molecular formula is C8H15NO2Si. The van der Waals surface area contributed by atoms with E-state index in [2.05, 4.69) is 19.6 Å². The quantitative estimate of drug-likeness (QED) is 0.681. The maximum atomic E-state index is 10.3. The van der Waals surface area contributed by atoms with E-state index in [9.17, 15) is 4.79 Å². The zero-order chi connectivity index (χ0) is 9.78. The number of carboxylic acid groups (broad SMARTS) is 1. The fraction of sp³-hybridized carbons (Fsp3) is 0.750. The average molecular weight is 185 g/mol. The molecule has 0 aliphatic carbocycles. The van der Waals surface area contributed by atoms with Crippen LogP contribution in [-0.2, 0) is 4.79 Å². The van der Waals surface area contributed by atoms with Gasteiger partial charge in [0.25, 0.3) is 0 Å². The highest BCUT2D eigenvalue weighted by Crippen LogP contribution is 2.18. The Morgan fingerprint density at radius 3 is 2.33 bits per heavy atom. The first-order valence-electron chi connectivity index (χ1n) is 3.96. The van der Waals surface area contributed by atoms with Gasteiger partial charge in [-0.3, -0.25) is 4.79 Å². The highest BCUT2D eigenvalue weighted by Gasteiger charge is 2.21. The molecule has 0 fully saturated rings. The minimum atomic E-state index is -1.29. The molecule has 0 aromatic heterocycles. The van der Waals surface area contributed by atoms with Crippen molar-refractivity contribution in [2.75, 3.05) is 0 Å². The van der Waals surface area contributed by atoms with Crippen LogP contribution in [0, 0.1) is 17.2 Å². The highest BCUT2D eigenvalue weighted by atomic mass is 28.3. The van der Waals surface area contributed by atoms with Gasteiger partial charge in [-0.1, -0.05) is 19.6 Å². The molecule has 0 aliphatic heterocycles. The normalized spacial score (nSPS) is 13.5. The summed E-state index contributed by atoms with van der Waals surface area (Å²) >= 11 is 0. The predicted molar refractivity (Wildman–Crippen MR) is 49.5 cm³/mol. The van der Waals surface area contributed by atoms with Crippen molar-refractivity contribution in [3.8, 4) is 6.07 Å². The van der Waals surface area contributed by atoms with Crippen molar-refractivity contribution in [3.63, 3.8) is 0 Å². The molecule has 3 nitrogen and oxygen atoms in total. The van der Waals surface area contributed by atoms with Crippen molar-refractivity contribution in [3.05, 3.63) is 0 Å². The molecule has 0 saturated heterocycles. The van der Waals surface area contributed by atoms with E-state index in [1.165, 1.54) is 0 Å². The van der Waals surface area contributed by atoms with Crippen LogP contribution in [-0.4, -0.2) is 19.1 Å². The first-order valence-corrected chi connectivity index (χ1v) is 7.67. The summed E-state index contributed by atoms with van der Waals surface area (Å²) in [6.07, 6.45) is -0.0131. The molecule has 0 bridgehead atoms.